The fourth-order valence-electron chi connectivity index (χ4n) is 1.38. The standard InChI is InChI=1S/C11H9Cl2NS/c1-7-11(15-10(6-12)14-7)8-2-4-9(13)5-3-8/h2-5H,6H2,1H3. The van der Waals surface area contributed by atoms with E-state index in [9.17, 15) is 0 Å². The van der Waals surface area contributed by atoms with Gasteiger partial charge in [0.15, 0.2) is 0 Å². The molecule has 0 aliphatic carbocycles. The van der Waals surface area contributed by atoms with Gasteiger partial charge in [0, 0.05) is 5.02 Å². The molecule has 1 heterocycles. The SMILES string of the molecule is Cc1nc(CCl)sc1-c1ccc(Cl)cc1. The van der Waals surface area contributed by atoms with E-state index in [1.807, 2.05) is 31.2 Å². The second-order valence-corrected chi connectivity index (χ2v) is 4.95. The van der Waals surface area contributed by atoms with Gasteiger partial charge in [0.25, 0.3) is 0 Å². The summed E-state index contributed by atoms with van der Waals surface area (Å²) in [4.78, 5) is 5.55. The number of rotatable bonds is 2. The van der Waals surface area contributed by atoms with Gasteiger partial charge in [-0.2, -0.15) is 0 Å². The minimum atomic E-state index is 0.471. The molecule has 0 saturated heterocycles. The molecule has 0 radical (unpaired) electrons. The first-order valence-corrected chi connectivity index (χ1v) is 6.22. The highest BCUT2D eigenvalue weighted by atomic mass is 35.5. The molecule has 0 atom stereocenters. The Kier molecular flexibility index (Phi) is 3.29. The molecule has 1 aromatic carbocycles. The number of nitrogens with zero attached hydrogens (tertiary/aromatic N) is 1. The number of alkyl halides is 1. The Hall–Kier alpha value is -0.570. The summed E-state index contributed by atoms with van der Waals surface area (Å²) in [7, 11) is 0. The third-order valence-electron chi connectivity index (χ3n) is 2.06. The maximum absolute atomic E-state index is 5.84. The molecule has 0 aliphatic heterocycles. The summed E-state index contributed by atoms with van der Waals surface area (Å²) in [6.07, 6.45) is 0. The molecule has 78 valence electrons. The number of thiazole rings is 1. The lowest BCUT2D eigenvalue weighted by molar-refractivity contribution is 1.18. The maximum atomic E-state index is 5.84. The minimum absolute atomic E-state index is 0.471. The lowest BCUT2D eigenvalue weighted by atomic mass is 10.2. The van der Waals surface area contributed by atoms with Gasteiger partial charge in [-0.1, -0.05) is 23.7 Å². The van der Waals surface area contributed by atoms with Crippen molar-refractivity contribution in [3.8, 4) is 10.4 Å². The van der Waals surface area contributed by atoms with Gasteiger partial charge in [0.05, 0.1) is 16.5 Å². The van der Waals surface area contributed by atoms with Crippen molar-refractivity contribution in [2.45, 2.75) is 12.8 Å². The van der Waals surface area contributed by atoms with Crippen molar-refractivity contribution in [3.63, 3.8) is 0 Å². The Morgan fingerprint density at radius 2 is 1.93 bits per heavy atom. The predicted molar refractivity (Wildman–Crippen MR) is 66.9 cm³/mol. The summed E-state index contributed by atoms with van der Waals surface area (Å²) in [6, 6.07) is 7.77. The first-order valence-electron chi connectivity index (χ1n) is 4.49. The highest BCUT2D eigenvalue weighted by Gasteiger charge is 2.08. The zero-order valence-electron chi connectivity index (χ0n) is 8.13. The van der Waals surface area contributed by atoms with Crippen molar-refractivity contribution in [2.75, 3.05) is 0 Å². The average molecular weight is 258 g/mol. The summed E-state index contributed by atoms with van der Waals surface area (Å²) >= 11 is 13.2. The lowest BCUT2D eigenvalue weighted by Gasteiger charge is -1.97. The van der Waals surface area contributed by atoms with Crippen molar-refractivity contribution < 1.29 is 0 Å². The molecule has 0 aliphatic rings. The van der Waals surface area contributed by atoms with E-state index in [0.717, 1.165) is 21.3 Å². The highest BCUT2D eigenvalue weighted by Crippen LogP contribution is 2.31. The Balaban J connectivity index is 2.44. The number of hydrogen-bond donors (Lipinski definition) is 0. The lowest BCUT2D eigenvalue weighted by Crippen LogP contribution is -1.78. The van der Waals surface area contributed by atoms with Gasteiger partial charge in [0.1, 0.15) is 5.01 Å². The van der Waals surface area contributed by atoms with E-state index in [1.54, 1.807) is 11.3 Å². The maximum Gasteiger partial charge on any atom is 0.108 e. The molecule has 2 aromatic rings. The second-order valence-electron chi connectivity index (χ2n) is 3.16. The predicted octanol–water partition coefficient (Wildman–Crippen LogP) is 4.51. The van der Waals surface area contributed by atoms with Crippen LogP contribution in [0.25, 0.3) is 10.4 Å². The number of hydrogen-bond acceptors (Lipinski definition) is 2. The first kappa shape index (κ1) is 10.9. The summed E-state index contributed by atoms with van der Waals surface area (Å²) in [5.41, 5.74) is 2.17. The quantitative estimate of drug-likeness (QED) is 0.722. The molecular formula is C11H9Cl2NS. The third kappa shape index (κ3) is 2.33. The topological polar surface area (TPSA) is 12.9 Å². The van der Waals surface area contributed by atoms with Crippen LogP contribution >= 0.6 is 34.5 Å². The van der Waals surface area contributed by atoms with Gasteiger partial charge in [-0.25, -0.2) is 4.98 Å². The van der Waals surface area contributed by atoms with Crippen molar-refractivity contribution in [2.24, 2.45) is 0 Å². The molecular weight excluding hydrogens is 249 g/mol. The van der Waals surface area contributed by atoms with Gasteiger partial charge in [-0.3, -0.25) is 0 Å². The van der Waals surface area contributed by atoms with Crippen LogP contribution in [-0.4, -0.2) is 4.98 Å². The molecule has 4 heteroatoms. The Morgan fingerprint density at radius 1 is 1.27 bits per heavy atom. The molecule has 15 heavy (non-hydrogen) atoms. The Morgan fingerprint density at radius 3 is 2.47 bits per heavy atom. The molecule has 0 bridgehead atoms. The Bertz CT molecular complexity index is 462. The normalized spacial score (nSPS) is 10.6. The number of benzene rings is 1. The summed E-state index contributed by atoms with van der Waals surface area (Å²) in [6.45, 7) is 2.00. The first-order chi connectivity index (χ1) is 7.20. The van der Waals surface area contributed by atoms with Crippen LogP contribution < -0.4 is 0 Å². The Labute approximate surface area is 103 Å². The van der Waals surface area contributed by atoms with Crippen LogP contribution in [0.5, 0.6) is 0 Å². The fourth-order valence-corrected chi connectivity index (χ4v) is 2.65. The zero-order chi connectivity index (χ0) is 10.8. The van der Waals surface area contributed by atoms with E-state index < -0.39 is 0 Å². The van der Waals surface area contributed by atoms with E-state index in [-0.39, 0.29) is 0 Å². The van der Waals surface area contributed by atoms with E-state index in [0.29, 0.717) is 5.88 Å². The largest absolute Gasteiger partial charge is 0.245 e. The summed E-state index contributed by atoms with van der Waals surface area (Å²) < 4.78 is 0. The number of aryl methyl sites for hydroxylation is 1. The minimum Gasteiger partial charge on any atom is -0.245 e. The zero-order valence-corrected chi connectivity index (χ0v) is 10.5. The molecule has 1 aromatic heterocycles. The smallest absolute Gasteiger partial charge is 0.108 e. The van der Waals surface area contributed by atoms with Crippen LogP contribution in [0.1, 0.15) is 10.7 Å². The summed E-state index contributed by atoms with van der Waals surface area (Å²) in [5, 5.41) is 1.71. The van der Waals surface area contributed by atoms with Crippen LogP contribution in [0.2, 0.25) is 5.02 Å². The fraction of sp³-hybridized carbons (Fsp3) is 0.182. The average Bonchev–Trinajstić information content (AvgIpc) is 2.61. The van der Waals surface area contributed by atoms with Crippen LogP contribution in [0.4, 0.5) is 0 Å². The molecule has 0 unspecified atom stereocenters. The molecule has 0 saturated carbocycles. The van der Waals surface area contributed by atoms with Crippen LogP contribution in [-0.2, 0) is 5.88 Å². The third-order valence-corrected chi connectivity index (χ3v) is 3.93. The molecule has 0 fully saturated rings. The van der Waals surface area contributed by atoms with Gasteiger partial charge < -0.3 is 0 Å². The van der Waals surface area contributed by atoms with E-state index in [1.165, 1.54) is 4.88 Å². The van der Waals surface area contributed by atoms with Gasteiger partial charge in [-0.15, -0.1) is 22.9 Å². The van der Waals surface area contributed by atoms with Gasteiger partial charge in [-0.05, 0) is 24.6 Å². The van der Waals surface area contributed by atoms with Crippen molar-refractivity contribution in [1.82, 2.24) is 4.98 Å². The number of aromatic nitrogens is 1. The second kappa shape index (κ2) is 4.52. The molecule has 1 nitrogen and oxygen atoms in total. The van der Waals surface area contributed by atoms with E-state index in [2.05, 4.69) is 4.98 Å². The molecule has 0 spiro atoms. The van der Waals surface area contributed by atoms with Gasteiger partial charge in [0.2, 0.25) is 0 Å². The molecule has 0 N–H and O–H groups in total. The number of halogens is 2. The monoisotopic (exact) mass is 257 g/mol. The van der Waals surface area contributed by atoms with Crippen LogP contribution in [0, 0.1) is 6.92 Å². The van der Waals surface area contributed by atoms with Gasteiger partial charge >= 0.3 is 0 Å². The van der Waals surface area contributed by atoms with Crippen molar-refractivity contribution >= 4 is 34.5 Å². The molecule has 2 rings (SSSR count). The van der Waals surface area contributed by atoms with E-state index >= 15 is 0 Å². The van der Waals surface area contributed by atoms with Crippen molar-refractivity contribution in [1.29, 1.82) is 0 Å². The van der Waals surface area contributed by atoms with E-state index in [4.69, 9.17) is 23.2 Å². The molecule has 0 amide bonds. The van der Waals surface area contributed by atoms with Crippen LogP contribution in [0.3, 0.4) is 0 Å². The van der Waals surface area contributed by atoms with Crippen LogP contribution in [0.15, 0.2) is 24.3 Å². The summed E-state index contributed by atoms with van der Waals surface area (Å²) in [5.74, 6) is 0.471. The van der Waals surface area contributed by atoms with Crippen molar-refractivity contribution in [3.05, 3.63) is 40.0 Å². The highest BCUT2D eigenvalue weighted by molar-refractivity contribution is 7.15.